The highest BCUT2D eigenvalue weighted by Crippen LogP contribution is 2.31. The summed E-state index contributed by atoms with van der Waals surface area (Å²) in [5, 5.41) is 11.0. The van der Waals surface area contributed by atoms with E-state index in [0.29, 0.717) is 24.2 Å². The summed E-state index contributed by atoms with van der Waals surface area (Å²) in [6, 6.07) is 21.8. The van der Waals surface area contributed by atoms with E-state index in [4.69, 9.17) is 4.74 Å². The molecule has 0 saturated heterocycles. The lowest BCUT2D eigenvalue weighted by molar-refractivity contribution is 0.0516. The van der Waals surface area contributed by atoms with Gasteiger partial charge in [0, 0.05) is 11.6 Å². The number of aliphatic hydroxyl groups is 1. The third-order valence-electron chi connectivity index (χ3n) is 5.86. The number of carbonyl (C=O) groups is 2. The number of hydrogen-bond acceptors (Lipinski definition) is 4. The van der Waals surface area contributed by atoms with E-state index in [1.807, 2.05) is 54.7 Å². The number of hydrogen-bond donors (Lipinski definition) is 2. The number of aliphatic hydroxyl groups excluding tert-OH is 1. The van der Waals surface area contributed by atoms with Crippen molar-refractivity contribution in [1.82, 2.24) is 9.88 Å². The van der Waals surface area contributed by atoms with Gasteiger partial charge >= 0.3 is 0 Å². The lowest BCUT2D eigenvalue weighted by Crippen LogP contribution is -2.43. The van der Waals surface area contributed by atoms with E-state index in [-0.39, 0.29) is 18.4 Å². The van der Waals surface area contributed by atoms with Gasteiger partial charge in [0.2, 0.25) is 0 Å². The molecule has 0 radical (unpaired) electrons. The van der Waals surface area contributed by atoms with Crippen LogP contribution in [0, 0.1) is 0 Å². The minimum Gasteiger partial charge on any atom is -0.487 e. The minimum atomic E-state index is -0.657. The van der Waals surface area contributed by atoms with Gasteiger partial charge in [-0.3, -0.25) is 14.5 Å². The molecule has 3 aromatic carbocycles. The molecule has 6 nitrogen and oxygen atoms in total. The highest BCUT2D eigenvalue weighted by molar-refractivity contribution is 6.21. The molecule has 2 N–H and O–H groups in total. The molecule has 1 aliphatic rings. The first kappa shape index (κ1) is 20.0. The quantitative estimate of drug-likeness (QED) is 0.439. The molecule has 0 aliphatic carbocycles. The molecule has 160 valence electrons. The molecule has 1 atom stereocenters. The van der Waals surface area contributed by atoms with Gasteiger partial charge in [0.05, 0.1) is 29.3 Å². The van der Waals surface area contributed by atoms with Gasteiger partial charge in [-0.05, 0) is 35.7 Å². The van der Waals surface area contributed by atoms with Crippen LogP contribution in [0.2, 0.25) is 0 Å². The first-order chi connectivity index (χ1) is 15.7. The summed E-state index contributed by atoms with van der Waals surface area (Å²) in [4.78, 5) is 30.1. The zero-order valence-electron chi connectivity index (χ0n) is 17.3. The fraction of sp³-hybridized carbons (Fsp3) is 0.154. The number of H-pyrrole nitrogens is 1. The second-order valence-electron chi connectivity index (χ2n) is 7.83. The Labute approximate surface area is 185 Å². The normalized spacial score (nSPS) is 14.1. The Hall–Kier alpha value is -3.90. The van der Waals surface area contributed by atoms with Crippen molar-refractivity contribution in [3.05, 3.63) is 101 Å². The van der Waals surface area contributed by atoms with E-state index in [1.54, 1.807) is 24.3 Å². The predicted molar refractivity (Wildman–Crippen MR) is 121 cm³/mol. The Kier molecular flexibility index (Phi) is 5.21. The van der Waals surface area contributed by atoms with Gasteiger partial charge in [-0.15, -0.1) is 0 Å². The standard InChI is InChI=1S/C26H22N2O4/c29-15-19(28-25(30)21-9-4-5-10-22(21)26(28)31)13-18-14-27-24-20(18)11-6-12-23(24)32-16-17-7-2-1-3-8-17/h1-12,14,19,27,29H,13,15-16H2. The second kappa shape index (κ2) is 8.32. The van der Waals surface area contributed by atoms with E-state index in [2.05, 4.69) is 4.98 Å². The molecular weight excluding hydrogens is 404 g/mol. The topological polar surface area (TPSA) is 82.6 Å². The van der Waals surface area contributed by atoms with Gasteiger partial charge in [-0.25, -0.2) is 0 Å². The van der Waals surface area contributed by atoms with Crippen molar-refractivity contribution in [2.45, 2.75) is 19.1 Å². The molecule has 2 amide bonds. The van der Waals surface area contributed by atoms with Crippen LogP contribution in [0.1, 0.15) is 31.8 Å². The Bertz CT molecular complexity index is 1260. The second-order valence-corrected chi connectivity index (χ2v) is 7.83. The van der Waals surface area contributed by atoms with Crippen LogP contribution in [0.25, 0.3) is 10.9 Å². The first-order valence-corrected chi connectivity index (χ1v) is 10.5. The zero-order valence-corrected chi connectivity index (χ0v) is 17.3. The van der Waals surface area contributed by atoms with Crippen molar-refractivity contribution in [1.29, 1.82) is 0 Å². The summed E-state index contributed by atoms with van der Waals surface area (Å²) < 4.78 is 6.03. The van der Waals surface area contributed by atoms with Crippen molar-refractivity contribution in [2.75, 3.05) is 6.61 Å². The van der Waals surface area contributed by atoms with Crippen LogP contribution in [0.5, 0.6) is 5.75 Å². The number of imide groups is 1. The molecular formula is C26H22N2O4. The van der Waals surface area contributed by atoms with E-state index < -0.39 is 6.04 Å². The summed E-state index contributed by atoms with van der Waals surface area (Å²) in [5.41, 5.74) is 3.58. The number of amides is 2. The predicted octanol–water partition coefficient (Wildman–Crippen LogP) is 3.95. The highest BCUT2D eigenvalue weighted by Gasteiger charge is 2.39. The number of nitrogens with zero attached hydrogens (tertiary/aromatic N) is 1. The maximum absolute atomic E-state index is 12.8. The minimum absolute atomic E-state index is 0.317. The summed E-state index contributed by atoms with van der Waals surface area (Å²) >= 11 is 0. The van der Waals surface area contributed by atoms with Gasteiger partial charge in [-0.1, -0.05) is 54.6 Å². The van der Waals surface area contributed by atoms with E-state index in [0.717, 1.165) is 27.8 Å². The number of fused-ring (bicyclic) bond motifs is 2. The van der Waals surface area contributed by atoms with Crippen LogP contribution in [0.4, 0.5) is 0 Å². The van der Waals surface area contributed by atoms with Gasteiger partial charge in [0.1, 0.15) is 12.4 Å². The number of rotatable bonds is 7. The molecule has 0 saturated carbocycles. The number of carbonyl (C=O) groups excluding carboxylic acids is 2. The molecule has 6 heteroatoms. The van der Waals surface area contributed by atoms with Gasteiger partial charge in [-0.2, -0.15) is 0 Å². The van der Waals surface area contributed by atoms with E-state index in [1.165, 1.54) is 4.90 Å². The van der Waals surface area contributed by atoms with Crippen molar-refractivity contribution in [2.24, 2.45) is 0 Å². The lowest BCUT2D eigenvalue weighted by Gasteiger charge is -2.24. The third kappa shape index (κ3) is 3.44. The van der Waals surface area contributed by atoms with Crippen LogP contribution in [0.3, 0.4) is 0 Å². The number of ether oxygens (including phenoxy) is 1. The van der Waals surface area contributed by atoms with Gasteiger partial charge < -0.3 is 14.8 Å². The maximum Gasteiger partial charge on any atom is 0.261 e. The van der Waals surface area contributed by atoms with E-state index >= 15 is 0 Å². The molecule has 0 spiro atoms. The molecule has 4 aromatic rings. The van der Waals surface area contributed by atoms with Gasteiger partial charge in [0.15, 0.2) is 0 Å². The SMILES string of the molecule is O=C1c2ccccc2C(=O)N1C(CO)Cc1c[nH]c2c(OCc3ccccc3)cccc12. The Balaban J connectivity index is 1.39. The first-order valence-electron chi connectivity index (χ1n) is 10.5. The van der Waals surface area contributed by atoms with Crippen LogP contribution in [-0.2, 0) is 13.0 Å². The van der Waals surface area contributed by atoms with Crippen LogP contribution in [-0.4, -0.2) is 39.5 Å². The Morgan fingerprint density at radius 3 is 2.25 bits per heavy atom. The fourth-order valence-corrected chi connectivity index (χ4v) is 4.24. The smallest absolute Gasteiger partial charge is 0.261 e. The molecule has 1 aliphatic heterocycles. The van der Waals surface area contributed by atoms with Crippen molar-refractivity contribution in [3.63, 3.8) is 0 Å². The molecule has 32 heavy (non-hydrogen) atoms. The summed E-state index contributed by atoms with van der Waals surface area (Å²) in [5.74, 6) is -0.00775. The summed E-state index contributed by atoms with van der Waals surface area (Å²) in [6.45, 7) is 0.130. The summed E-state index contributed by atoms with van der Waals surface area (Å²) in [7, 11) is 0. The number of para-hydroxylation sites is 1. The molecule has 2 heterocycles. The Morgan fingerprint density at radius 2 is 1.56 bits per heavy atom. The number of nitrogens with one attached hydrogen (secondary N) is 1. The monoisotopic (exact) mass is 426 g/mol. The lowest BCUT2D eigenvalue weighted by atomic mass is 10.0. The molecule has 1 unspecified atom stereocenters. The molecule has 5 rings (SSSR count). The van der Waals surface area contributed by atoms with Crippen molar-refractivity contribution in [3.8, 4) is 5.75 Å². The van der Waals surface area contributed by atoms with Crippen molar-refractivity contribution >= 4 is 22.7 Å². The molecule has 0 fully saturated rings. The van der Waals surface area contributed by atoms with Gasteiger partial charge in [0.25, 0.3) is 11.8 Å². The largest absolute Gasteiger partial charge is 0.487 e. The van der Waals surface area contributed by atoms with Crippen LogP contribution >= 0.6 is 0 Å². The maximum atomic E-state index is 12.8. The Morgan fingerprint density at radius 1 is 0.875 bits per heavy atom. The molecule has 1 aromatic heterocycles. The number of aromatic nitrogens is 1. The third-order valence-corrected chi connectivity index (χ3v) is 5.86. The average molecular weight is 426 g/mol. The number of aromatic amines is 1. The fourth-order valence-electron chi connectivity index (χ4n) is 4.24. The number of benzene rings is 3. The highest BCUT2D eigenvalue weighted by atomic mass is 16.5. The molecule has 0 bridgehead atoms. The van der Waals surface area contributed by atoms with Crippen LogP contribution in [0.15, 0.2) is 79.0 Å². The van der Waals surface area contributed by atoms with Crippen molar-refractivity contribution < 1.29 is 19.4 Å². The van der Waals surface area contributed by atoms with E-state index in [9.17, 15) is 14.7 Å². The zero-order chi connectivity index (χ0) is 22.1. The average Bonchev–Trinajstić information content (AvgIpc) is 3.36. The van der Waals surface area contributed by atoms with Crippen LogP contribution < -0.4 is 4.74 Å². The summed E-state index contributed by atoms with van der Waals surface area (Å²) in [6.07, 6.45) is 2.19.